The molecular formula is C44H48N2O6. The van der Waals surface area contributed by atoms with E-state index in [9.17, 15) is 20.4 Å². The molecule has 0 aliphatic heterocycles. The minimum Gasteiger partial charge on any atom is -0.503 e. The number of hydrogen-bond acceptors (Lipinski definition) is 8. The van der Waals surface area contributed by atoms with Crippen LogP contribution < -0.4 is 20.9 Å². The first-order valence-corrected chi connectivity index (χ1v) is 19.1. The normalized spacial score (nSPS) is 35.2. The molecule has 52 heavy (non-hydrogen) atoms. The highest BCUT2D eigenvalue weighted by molar-refractivity contribution is 5.65. The molecular weight excluding hydrogens is 652 g/mol. The van der Waals surface area contributed by atoms with Gasteiger partial charge in [0.25, 0.3) is 0 Å². The van der Waals surface area contributed by atoms with Crippen molar-refractivity contribution in [1.29, 1.82) is 0 Å². The fourth-order valence-corrected chi connectivity index (χ4v) is 13.8. The van der Waals surface area contributed by atoms with Gasteiger partial charge in [-0.05, 0) is 182 Å². The van der Waals surface area contributed by atoms with Gasteiger partial charge < -0.3 is 41.4 Å². The van der Waals surface area contributed by atoms with Crippen molar-refractivity contribution >= 4 is 11.4 Å². The Morgan fingerprint density at radius 1 is 0.442 bits per heavy atom. The lowest BCUT2D eigenvalue weighted by Crippen LogP contribution is -2.66. The Balaban J connectivity index is 0.938. The summed E-state index contributed by atoms with van der Waals surface area (Å²) in [6.07, 6.45) is 15.9. The van der Waals surface area contributed by atoms with Crippen molar-refractivity contribution in [3.8, 4) is 46.0 Å². The Kier molecular flexibility index (Phi) is 6.70. The molecule has 8 aliphatic rings. The molecule has 4 aromatic rings. The zero-order valence-corrected chi connectivity index (χ0v) is 29.5. The SMILES string of the molecule is Nc1ccc(Oc2ccc(C34CC5CC(C3)CC(C36CC7CC(CC(c8ccc(Oc9ccc(N)c(O)c9O)cc8)(C7)C3)C6)(C5)C4)cc2)c(O)c1O. The molecule has 4 atom stereocenters. The van der Waals surface area contributed by atoms with E-state index in [0.29, 0.717) is 22.3 Å². The van der Waals surface area contributed by atoms with E-state index in [1.165, 1.54) is 100 Å². The summed E-state index contributed by atoms with van der Waals surface area (Å²) >= 11 is 0. The molecule has 8 bridgehead atoms. The van der Waals surface area contributed by atoms with Gasteiger partial charge in [-0.1, -0.05) is 24.3 Å². The first kappa shape index (κ1) is 32.0. The van der Waals surface area contributed by atoms with Gasteiger partial charge in [0, 0.05) is 0 Å². The molecule has 270 valence electrons. The molecule has 12 rings (SSSR count). The average Bonchev–Trinajstić information content (AvgIpc) is 3.11. The second-order valence-electron chi connectivity index (χ2n) is 18.0. The molecule has 8 aliphatic carbocycles. The van der Waals surface area contributed by atoms with Gasteiger partial charge in [0.2, 0.25) is 11.5 Å². The van der Waals surface area contributed by atoms with Crippen molar-refractivity contribution in [2.45, 2.75) is 87.9 Å². The van der Waals surface area contributed by atoms with Crippen LogP contribution in [0.5, 0.6) is 46.0 Å². The summed E-state index contributed by atoms with van der Waals surface area (Å²) in [5.74, 6) is 3.33. The second kappa shape index (κ2) is 10.9. The van der Waals surface area contributed by atoms with Crippen LogP contribution in [0.2, 0.25) is 0 Å². The number of phenols is 4. The van der Waals surface area contributed by atoms with Gasteiger partial charge in [0.15, 0.2) is 23.0 Å². The predicted octanol–water partition coefficient (Wildman–Crippen LogP) is 9.63. The van der Waals surface area contributed by atoms with Crippen LogP contribution in [0.3, 0.4) is 0 Å². The van der Waals surface area contributed by atoms with Crippen LogP contribution in [0.15, 0.2) is 72.8 Å². The molecule has 8 saturated carbocycles. The van der Waals surface area contributed by atoms with Gasteiger partial charge in [0.05, 0.1) is 11.4 Å². The van der Waals surface area contributed by atoms with Crippen molar-refractivity contribution in [2.75, 3.05) is 11.5 Å². The number of nitrogens with two attached hydrogens (primary N) is 2. The predicted molar refractivity (Wildman–Crippen MR) is 199 cm³/mol. The number of rotatable bonds is 7. The Bertz CT molecular complexity index is 1900. The Morgan fingerprint density at radius 3 is 1.13 bits per heavy atom. The molecule has 8 heteroatoms. The van der Waals surface area contributed by atoms with E-state index >= 15 is 0 Å². The van der Waals surface area contributed by atoms with Crippen LogP contribution in [0.4, 0.5) is 11.4 Å². The minimum atomic E-state index is -0.358. The lowest BCUT2D eigenvalue weighted by Gasteiger charge is -2.74. The van der Waals surface area contributed by atoms with Crippen LogP contribution in [0.1, 0.15) is 88.2 Å². The molecule has 0 spiro atoms. The molecule has 4 unspecified atom stereocenters. The van der Waals surface area contributed by atoms with E-state index in [4.69, 9.17) is 20.9 Å². The minimum absolute atomic E-state index is 0.114. The first-order valence-electron chi connectivity index (χ1n) is 19.1. The van der Waals surface area contributed by atoms with Gasteiger partial charge in [0.1, 0.15) is 11.5 Å². The van der Waals surface area contributed by atoms with E-state index in [0.717, 1.165) is 23.7 Å². The second-order valence-corrected chi connectivity index (χ2v) is 18.0. The molecule has 0 heterocycles. The van der Waals surface area contributed by atoms with Gasteiger partial charge >= 0.3 is 0 Å². The molecule has 0 aromatic heterocycles. The smallest absolute Gasteiger partial charge is 0.203 e. The van der Waals surface area contributed by atoms with Crippen LogP contribution >= 0.6 is 0 Å². The van der Waals surface area contributed by atoms with Crippen LogP contribution in [0.25, 0.3) is 0 Å². The standard InChI is InChI=1S/C44H48N2O6/c45-33-9-11-35(39(49)37(33)47)51-31-5-1-29(2-6-31)41-15-25-13-26(16-41)20-43(19-25,23-41)44-21-27-14-28(22-44)18-42(17-27,24-44)30-3-7-32(8-4-30)52-36-12-10-34(46)38(48)40(36)50/h1-12,25-28,47-50H,13-24,45-46H2. The number of benzene rings is 4. The topological polar surface area (TPSA) is 151 Å². The van der Waals surface area contributed by atoms with Crippen LogP contribution in [-0.2, 0) is 10.8 Å². The highest BCUT2D eigenvalue weighted by Gasteiger charge is 2.70. The maximum atomic E-state index is 10.4. The Morgan fingerprint density at radius 2 is 0.788 bits per heavy atom. The fourth-order valence-electron chi connectivity index (χ4n) is 13.8. The quantitative estimate of drug-likeness (QED) is 0.0824. The number of phenolic OH excluding ortho intramolecular Hbond substituents is 4. The van der Waals surface area contributed by atoms with Crippen molar-refractivity contribution < 1.29 is 29.9 Å². The van der Waals surface area contributed by atoms with Crippen molar-refractivity contribution in [2.24, 2.45) is 34.5 Å². The van der Waals surface area contributed by atoms with Gasteiger partial charge in [-0.2, -0.15) is 0 Å². The summed E-state index contributed by atoms with van der Waals surface area (Å²) in [6.45, 7) is 0. The third kappa shape index (κ3) is 4.64. The first-order chi connectivity index (χ1) is 25.0. The summed E-state index contributed by atoms with van der Waals surface area (Å²) in [5.41, 5.74) is 15.7. The zero-order valence-electron chi connectivity index (χ0n) is 29.5. The van der Waals surface area contributed by atoms with Crippen molar-refractivity contribution in [3.05, 3.63) is 83.9 Å². The van der Waals surface area contributed by atoms with Crippen molar-refractivity contribution in [1.82, 2.24) is 0 Å². The zero-order chi connectivity index (χ0) is 35.6. The van der Waals surface area contributed by atoms with E-state index in [1.807, 2.05) is 24.3 Å². The number of anilines is 2. The van der Waals surface area contributed by atoms with Gasteiger partial charge in [-0.15, -0.1) is 0 Å². The molecule has 0 amide bonds. The third-order valence-electron chi connectivity index (χ3n) is 14.9. The summed E-state index contributed by atoms with van der Waals surface area (Å²) in [6, 6.07) is 23.4. The molecule has 8 N–H and O–H groups in total. The van der Waals surface area contributed by atoms with Crippen LogP contribution in [-0.4, -0.2) is 20.4 Å². The molecule has 4 aromatic carbocycles. The van der Waals surface area contributed by atoms with E-state index in [2.05, 4.69) is 24.3 Å². The highest BCUT2D eigenvalue weighted by Crippen LogP contribution is 2.78. The maximum absolute atomic E-state index is 10.4. The fraction of sp³-hybridized carbons (Fsp3) is 0.455. The maximum Gasteiger partial charge on any atom is 0.203 e. The van der Waals surface area contributed by atoms with E-state index in [1.54, 1.807) is 12.1 Å². The van der Waals surface area contributed by atoms with Gasteiger partial charge in [-0.3, -0.25) is 0 Å². The lowest BCUT2D eigenvalue weighted by molar-refractivity contribution is -0.212. The molecule has 0 saturated heterocycles. The largest absolute Gasteiger partial charge is 0.503 e. The average molecular weight is 701 g/mol. The third-order valence-corrected chi connectivity index (χ3v) is 14.9. The molecule has 8 nitrogen and oxygen atoms in total. The monoisotopic (exact) mass is 700 g/mol. The summed E-state index contributed by atoms with van der Waals surface area (Å²) in [4.78, 5) is 0. The lowest BCUT2D eigenvalue weighted by atomic mass is 9.30. The summed E-state index contributed by atoms with van der Waals surface area (Å²) < 4.78 is 12.0. The van der Waals surface area contributed by atoms with Crippen molar-refractivity contribution in [3.63, 3.8) is 0 Å². The van der Waals surface area contributed by atoms with E-state index < -0.39 is 0 Å². The number of aromatic hydroxyl groups is 4. The Labute approximate surface area is 304 Å². The number of nitrogen functional groups attached to an aromatic ring is 2. The number of ether oxygens (including phenoxy) is 2. The summed E-state index contributed by atoms with van der Waals surface area (Å²) in [7, 11) is 0. The molecule has 0 radical (unpaired) electrons. The highest BCUT2D eigenvalue weighted by atomic mass is 16.5. The van der Waals surface area contributed by atoms with Crippen LogP contribution in [0, 0.1) is 34.5 Å². The van der Waals surface area contributed by atoms with E-state index in [-0.39, 0.29) is 56.7 Å². The molecule has 8 fully saturated rings. The Hall–Kier alpha value is -4.72. The summed E-state index contributed by atoms with van der Waals surface area (Å²) in [5, 5.41) is 41.0. The number of hydrogen-bond donors (Lipinski definition) is 6. The van der Waals surface area contributed by atoms with Gasteiger partial charge in [-0.25, -0.2) is 0 Å².